The molecule has 1 fully saturated rings. The molecule has 1 aromatic carbocycles. The zero-order valence-electron chi connectivity index (χ0n) is 11.3. The van der Waals surface area contributed by atoms with Gasteiger partial charge in [0.05, 0.1) is 10.1 Å². The quantitative estimate of drug-likeness (QED) is 0.832. The van der Waals surface area contributed by atoms with E-state index in [9.17, 15) is 8.42 Å². The molecule has 3 atom stereocenters. The van der Waals surface area contributed by atoms with Crippen LogP contribution in [0.4, 0.5) is 5.69 Å². The van der Waals surface area contributed by atoms with Crippen molar-refractivity contribution in [2.45, 2.75) is 43.3 Å². The Morgan fingerprint density at radius 1 is 1.21 bits per heavy atom. The van der Waals surface area contributed by atoms with E-state index in [1.165, 1.54) is 0 Å². The number of rotatable bonds is 2. The van der Waals surface area contributed by atoms with E-state index in [1.54, 1.807) is 18.2 Å². The molecule has 2 rings (SSSR count). The molecule has 0 spiro atoms. The summed E-state index contributed by atoms with van der Waals surface area (Å²) in [6, 6.07) is 4.91. The van der Waals surface area contributed by atoms with Gasteiger partial charge < -0.3 is 5.73 Å². The third kappa shape index (κ3) is 2.97. The Hall–Kier alpha value is -0.550. The lowest BCUT2D eigenvalue weighted by Gasteiger charge is -2.31. The van der Waals surface area contributed by atoms with Crippen LogP contribution < -0.4 is 5.73 Å². The summed E-state index contributed by atoms with van der Waals surface area (Å²) in [5, 5.41) is -0.265. The molecule has 0 aromatic heterocycles. The number of anilines is 1. The van der Waals surface area contributed by atoms with E-state index in [0.29, 0.717) is 26.9 Å². The third-order valence-electron chi connectivity index (χ3n) is 4.25. The van der Waals surface area contributed by atoms with Crippen LogP contribution in [0.1, 0.15) is 33.1 Å². The van der Waals surface area contributed by atoms with Crippen molar-refractivity contribution < 1.29 is 8.42 Å². The maximum absolute atomic E-state index is 12.7. The fourth-order valence-electron chi connectivity index (χ4n) is 2.71. The van der Waals surface area contributed by atoms with Crippen molar-refractivity contribution >= 4 is 31.5 Å². The molecule has 0 bridgehead atoms. The molecule has 5 heteroatoms. The molecule has 19 heavy (non-hydrogen) atoms. The summed E-state index contributed by atoms with van der Waals surface area (Å²) in [7, 11) is -3.27. The zero-order chi connectivity index (χ0) is 14.2. The van der Waals surface area contributed by atoms with Gasteiger partial charge in [0.25, 0.3) is 0 Å². The summed E-state index contributed by atoms with van der Waals surface area (Å²) < 4.78 is 26.0. The SMILES string of the molecule is CC1CCC(S(=O)(=O)c2ccc(N)cc2Br)CC1C. The maximum Gasteiger partial charge on any atom is 0.182 e. The average Bonchev–Trinajstić information content (AvgIpc) is 2.32. The summed E-state index contributed by atoms with van der Waals surface area (Å²) in [6.07, 6.45) is 2.49. The number of hydrogen-bond donors (Lipinski definition) is 1. The molecule has 0 saturated heterocycles. The second-order valence-corrected chi connectivity index (χ2v) is 8.68. The van der Waals surface area contributed by atoms with Gasteiger partial charge >= 0.3 is 0 Å². The first-order valence-corrected chi connectivity index (χ1v) is 8.95. The van der Waals surface area contributed by atoms with Crippen LogP contribution in [-0.2, 0) is 9.84 Å². The Kier molecular flexibility index (Phi) is 4.26. The van der Waals surface area contributed by atoms with Crippen LogP contribution in [0.3, 0.4) is 0 Å². The summed E-state index contributed by atoms with van der Waals surface area (Å²) in [4.78, 5) is 0.369. The topological polar surface area (TPSA) is 60.2 Å². The van der Waals surface area contributed by atoms with Crippen LogP contribution in [0.5, 0.6) is 0 Å². The smallest absolute Gasteiger partial charge is 0.182 e. The maximum atomic E-state index is 12.7. The van der Waals surface area contributed by atoms with Gasteiger partial charge in [-0.2, -0.15) is 0 Å². The van der Waals surface area contributed by atoms with E-state index in [4.69, 9.17) is 5.73 Å². The highest BCUT2D eigenvalue weighted by Crippen LogP contribution is 2.37. The standard InChI is InChI=1S/C14H20BrNO2S/c1-9-3-5-12(7-10(9)2)19(17,18)14-6-4-11(16)8-13(14)15/h4,6,8-10,12H,3,5,7,16H2,1-2H3. The van der Waals surface area contributed by atoms with Crippen LogP contribution in [0.15, 0.2) is 27.6 Å². The predicted molar refractivity (Wildman–Crippen MR) is 81.7 cm³/mol. The van der Waals surface area contributed by atoms with E-state index >= 15 is 0 Å². The van der Waals surface area contributed by atoms with E-state index in [0.717, 1.165) is 19.3 Å². The van der Waals surface area contributed by atoms with Crippen molar-refractivity contribution in [1.82, 2.24) is 0 Å². The number of halogens is 1. The first-order valence-electron chi connectivity index (χ1n) is 6.61. The van der Waals surface area contributed by atoms with Gasteiger partial charge in [0.2, 0.25) is 0 Å². The van der Waals surface area contributed by atoms with Gasteiger partial charge in [-0.15, -0.1) is 0 Å². The molecule has 0 radical (unpaired) electrons. The van der Waals surface area contributed by atoms with Crippen LogP contribution in [-0.4, -0.2) is 13.7 Å². The molecule has 1 saturated carbocycles. The summed E-state index contributed by atoms with van der Waals surface area (Å²) in [5.74, 6) is 1.07. The first-order chi connectivity index (χ1) is 8.82. The Morgan fingerprint density at radius 2 is 1.89 bits per heavy atom. The highest BCUT2D eigenvalue weighted by Gasteiger charge is 2.35. The van der Waals surface area contributed by atoms with Gasteiger partial charge in [-0.3, -0.25) is 0 Å². The van der Waals surface area contributed by atoms with Crippen molar-refractivity contribution in [3.63, 3.8) is 0 Å². The fraction of sp³-hybridized carbons (Fsp3) is 0.571. The van der Waals surface area contributed by atoms with Crippen molar-refractivity contribution in [3.05, 3.63) is 22.7 Å². The monoisotopic (exact) mass is 345 g/mol. The fourth-order valence-corrected chi connectivity index (χ4v) is 5.73. The molecular weight excluding hydrogens is 326 g/mol. The average molecular weight is 346 g/mol. The molecule has 1 aliphatic rings. The van der Waals surface area contributed by atoms with Crippen LogP contribution in [0.2, 0.25) is 0 Å². The lowest BCUT2D eigenvalue weighted by molar-refractivity contribution is 0.278. The largest absolute Gasteiger partial charge is 0.399 e. The van der Waals surface area contributed by atoms with Crippen molar-refractivity contribution in [3.8, 4) is 0 Å². The van der Waals surface area contributed by atoms with Crippen LogP contribution in [0.25, 0.3) is 0 Å². The predicted octanol–water partition coefficient (Wildman–Crippen LogP) is 3.63. The van der Waals surface area contributed by atoms with Crippen molar-refractivity contribution in [2.24, 2.45) is 11.8 Å². The minimum Gasteiger partial charge on any atom is -0.399 e. The van der Waals surface area contributed by atoms with Crippen LogP contribution >= 0.6 is 15.9 Å². The van der Waals surface area contributed by atoms with Gasteiger partial charge in [-0.05, 0) is 65.2 Å². The second kappa shape index (κ2) is 5.44. The molecule has 0 heterocycles. The summed E-state index contributed by atoms with van der Waals surface area (Å²) in [5.41, 5.74) is 6.23. The second-order valence-electron chi connectivity index (χ2n) is 5.62. The first kappa shape index (κ1) is 14.9. The van der Waals surface area contributed by atoms with Crippen molar-refractivity contribution in [2.75, 3.05) is 5.73 Å². The number of nitrogens with two attached hydrogens (primary N) is 1. The Morgan fingerprint density at radius 3 is 2.47 bits per heavy atom. The molecule has 1 aliphatic carbocycles. The van der Waals surface area contributed by atoms with E-state index in [-0.39, 0.29) is 5.25 Å². The number of nitrogen functional groups attached to an aromatic ring is 1. The van der Waals surface area contributed by atoms with E-state index < -0.39 is 9.84 Å². The highest BCUT2D eigenvalue weighted by atomic mass is 79.9. The molecule has 1 aromatic rings. The minimum absolute atomic E-state index is 0.265. The third-order valence-corrected chi connectivity index (χ3v) is 7.44. The van der Waals surface area contributed by atoms with E-state index in [1.807, 2.05) is 0 Å². The summed E-state index contributed by atoms with van der Waals surface area (Å²) >= 11 is 3.32. The Bertz CT molecular complexity index is 571. The molecular formula is C14H20BrNO2S. The normalized spacial score (nSPS) is 28.3. The zero-order valence-corrected chi connectivity index (χ0v) is 13.7. The molecule has 2 N–H and O–H groups in total. The van der Waals surface area contributed by atoms with Crippen LogP contribution in [0, 0.1) is 11.8 Å². The number of hydrogen-bond acceptors (Lipinski definition) is 3. The molecule has 3 unspecified atom stereocenters. The van der Waals surface area contributed by atoms with Gasteiger partial charge in [0.1, 0.15) is 0 Å². The van der Waals surface area contributed by atoms with Gasteiger partial charge in [-0.1, -0.05) is 13.8 Å². The summed E-state index contributed by atoms with van der Waals surface area (Å²) in [6.45, 7) is 4.34. The number of sulfone groups is 1. The number of benzene rings is 1. The van der Waals surface area contributed by atoms with Gasteiger partial charge in [-0.25, -0.2) is 8.42 Å². The highest BCUT2D eigenvalue weighted by molar-refractivity contribution is 9.10. The van der Waals surface area contributed by atoms with Crippen molar-refractivity contribution in [1.29, 1.82) is 0 Å². The lowest BCUT2D eigenvalue weighted by atomic mass is 9.81. The van der Waals surface area contributed by atoms with Gasteiger partial charge in [0.15, 0.2) is 9.84 Å². The van der Waals surface area contributed by atoms with Gasteiger partial charge in [0, 0.05) is 10.2 Å². The molecule has 0 aliphatic heterocycles. The molecule has 106 valence electrons. The Balaban J connectivity index is 2.32. The van der Waals surface area contributed by atoms with E-state index in [2.05, 4.69) is 29.8 Å². The molecule has 0 amide bonds. The Labute approximate surface area is 123 Å². The molecule has 3 nitrogen and oxygen atoms in total. The lowest BCUT2D eigenvalue weighted by Crippen LogP contribution is -2.31. The minimum atomic E-state index is -3.27.